The van der Waals surface area contributed by atoms with Gasteiger partial charge >= 0.3 is 0 Å². The van der Waals surface area contributed by atoms with Gasteiger partial charge in [-0.25, -0.2) is 0 Å². The molecule has 0 spiro atoms. The molecule has 0 bridgehead atoms. The molecule has 0 aromatic heterocycles. The van der Waals surface area contributed by atoms with Crippen molar-refractivity contribution < 1.29 is 0 Å². The van der Waals surface area contributed by atoms with Crippen molar-refractivity contribution in [3.63, 3.8) is 0 Å². The predicted molar refractivity (Wildman–Crippen MR) is 77.4 cm³/mol. The molecular weight excluding hydrogens is 222 g/mol. The number of benzene rings is 1. The minimum Gasteiger partial charge on any atom is -0.398 e. The highest BCUT2D eigenvalue weighted by atomic mass is 15.1. The largest absolute Gasteiger partial charge is 0.398 e. The molecule has 0 atom stereocenters. The molecule has 3 heteroatoms. The smallest absolute Gasteiger partial charge is 0.0359 e. The van der Waals surface area contributed by atoms with E-state index in [1.54, 1.807) is 0 Å². The molecule has 100 valence electrons. The van der Waals surface area contributed by atoms with Gasteiger partial charge in [0.15, 0.2) is 0 Å². The van der Waals surface area contributed by atoms with Gasteiger partial charge in [0.2, 0.25) is 0 Å². The van der Waals surface area contributed by atoms with Gasteiger partial charge in [0, 0.05) is 25.3 Å². The van der Waals surface area contributed by atoms with Crippen molar-refractivity contribution >= 4 is 5.69 Å². The summed E-state index contributed by atoms with van der Waals surface area (Å²) in [6.45, 7) is 7.94. The summed E-state index contributed by atoms with van der Waals surface area (Å²) in [5, 5.41) is 3.48. The van der Waals surface area contributed by atoms with E-state index in [1.165, 1.54) is 31.5 Å². The Bertz CT molecular complexity index is 357. The zero-order chi connectivity index (χ0) is 12.8. The van der Waals surface area contributed by atoms with E-state index >= 15 is 0 Å². The molecule has 2 rings (SSSR count). The van der Waals surface area contributed by atoms with Gasteiger partial charge in [0.05, 0.1) is 0 Å². The Morgan fingerprint density at radius 2 is 2.00 bits per heavy atom. The Hall–Kier alpha value is -1.06. The monoisotopic (exact) mass is 247 g/mol. The molecule has 1 heterocycles. The van der Waals surface area contributed by atoms with Gasteiger partial charge < -0.3 is 16.0 Å². The number of nitrogens with zero attached hydrogens (tertiary/aromatic N) is 1. The van der Waals surface area contributed by atoms with Crippen molar-refractivity contribution in [2.75, 3.05) is 31.9 Å². The highest BCUT2D eigenvalue weighted by Gasteiger charge is 2.14. The van der Waals surface area contributed by atoms with Gasteiger partial charge in [0.25, 0.3) is 0 Å². The molecule has 1 aliphatic rings. The molecule has 0 unspecified atom stereocenters. The molecular formula is C15H25N3. The van der Waals surface area contributed by atoms with Crippen LogP contribution in [0.4, 0.5) is 5.69 Å². The lowest BCUT2D eigenvalue weighted by atomic mass is 9.99. The maximum Gasteiger partial charge on any atom is 0.0359 e. The number of nitrogen functional groups attached to an aromatic ring is 1. The number of para-hydroxylation sites is 1. The van der Waals surface area contributed by atoms with E-state index < -0.39 is 0 Å². The maximum absolute atomic E-state index is 5.91. The number of likely N-dealkylation sites (tertiary alicyclic amines) is 1. The summed E-state index contributed by atoms with van der Waals surface area (Å²) < 4.78 is 0. The number of anilines is 1. The highest BCUT2D eigenvalue weighted by Crippen LogP contribution is 2.15. The third-order valence-electron chi connectivity index (χ3n) is 3.85. The van der Waals surface area contributed by atoms with Crippen molar-refractivity contribution in [2.45, 2.75) is 26.3 Å². The standard InChI is InChI=1S/C15H25N3/c1-13-6-9-18(10-7-13)11-8-17-12-14-4-2-3-5-15(14)16/h2-5,13,17H,6-12,16H2,1H3. The van der Waals surface area contributed by atoms with Crippen molar-refractivity contribution in [3.05, 3.63) is 29.8 Å². The highest BCUT2D eigenvalue weighted by molar-refractivity contribution is 5.46. The number of nitrogens with one attached hydrogen (secondary N) is 1. The van der Waals surface area contributed by atoms with Crippen LogP contribution >= 0.6 is 0 Å². The maximum atomic E-state index is 5.91. The molecule has 0 aliphatic carbocycles. The van der Waals surface area contributed by atoms with E-state index in [9.17, 15) is 0 Å². The predicted octanol–water partition coefficient (Wildman–Crippen LogP) is 2.09. The molecule has 0 amide bonds. The number of piperidine rings is 1. The summed E-state index contributed by atoms with van der Waals surface area (Å²) in [6, 6.07) is 8.07. The fourth-order valence-electron chi connectivity index (χ4n) is 2.44. The van der Waals surface area contributed by atoms with Gasteiger partial charge in [-0.2, -0.15) is 0 Å². The van der Waals surface area contributed by atoms with E-state index in [2.05, 4.69) is 23.2 Å². The van der Waals surface area contributed by atoms with Crippen LogP contribution in [-0.2, 0) is 6.54 Å². The second-order valence-electron chi connectivity index (χ2n) is 5.40. The molecule has 18 heavy (non-hydrogen) atoms. The van der Waals surface area contributed by atoms with Crippen LogP contribution in [0.3, 0.4) is 0 Å². The molecule has 3 nitrogen and oxygen atoms in total. The van der Waals surface area contributed by atoms with Crippen LogP contribution in [0.1, 0.15) is 25.3 Å². The second-order valence-corrected chi connectivity index (χ2v) is 5.40. The zero-order valence-corrected chi connectivity index (χ0v) is 11.4. The first-order valence-electron chi connectivity index (χ1n) is 7.02. The summed E-state index contributed by atoms with van der Waals surface area (Å²) in [6.07, 6.45) is 2.71. The molecule has 3 N–H and O–H groups in total. The molecule has 1 aromatic carbocycles. The third-order valence-corrected chi connectivity index (χ3v) is 3.85. The van der Waals surface area contributed by atoms with E-state index in [-0.39, 0.29) is 0 Å². The number of nitrogens with two attached hydrogens (primary N) is 1. The van der Waals surface area contributed by atoms with Gasteiger partial charge in [-0.05, 0) is 43.5 Å². The van der Waals surface area contributed by atoms with Crippen LogP contribution in [-0.4, -0.2) is 31.1 Å². The molecule has 1 aromatic rings. The molecule has 1 aliphatic heterocycles. The molecule has 0 radical (unpaired) electrons. The first kappa shape index (κ1) is 13.4. The van der Waals surface area contributed by atoms with E-state index in [0.717, 1.165) is 31.2 Å². The van der Waals surface area contributed by atoms with Crippen LogP contribution in [0.5, 0.6) is 0 Å². The normalized spacial score (nSPS) is 18.1. The van der Waals surface area contributed by atoms with Crippen molar-refractivity contribution in [3.8, 4) is 0 Å². The van der Waals surface area contributed by atoms with Crippen molar-refractivity contribution in [1.82, 2.24) is 10.2 Å². The van der Waals surface area contributed by atoms with Crippen LogP contribution < -0.4 is 11.1 Å². The van der Waals surface area contributed by atoms with Gasteiger partial charge in [-0.1, -0.05) is 25.1 Å². The summed E-state index contributed by atoms with van der Waals surface area (Å²) in [7, 11) is 0. The number of rotatable bonds is 5. The van der Waals surface area contributed by atoms with E-state index in [0.29, 0.717) is 0 Å². The van der Waals surface area contributed by atoms with Crippen LogP contribution in [0.2, 0.25) is 0 Å². The topological polar surface area (TPSA) is 41.3 Å². The fourth-order valence-corrected chi connectivity index (χ4v) is 2.44. The van der Waals surface area contributed by atoms with Crippen LogP contribution in [0.15, 0.2) is 24.3 Å². The first-order valence-corrected chi connectivity index (χ1v) is 7.02. The fraction of sp³-hybridized carbons (Fsp3) is 0.600. The Morgan fingerprint density at radius 3 is 2.72 bits per heavy atom. The summed E-state index contributed by atoms with van der Waals surface area (Å²) in [5.41, 5.74) is 8.00. The van der Waals surface area contributed by atoms with Crippen LogP contribution in [0.25, 0.3) is 0 Å². The van der Waals surface area contributed by atoms with Crippen LogP contribution in [0, 0.1) is 5.92 Å². The van der Waals surface area contributed by atoms with Crippen molar-refractivity contribution in [1.29, 1.82) is 0 Å². The second kappa shape index (κ2) is 6.76. The molecule has 1 saturated heterocycles. The Kier molecular flexibility index (Phi) is 5.02. The lowest BCUT2D eigenvalue weighted by Crippen LogP contribution is -2.37. The summed E-state index contributed by atoms with van der Waals surface area (Å²) in [4.78, 5) is 2.56. The zero-order valence-electron chi connectivity index (χ0n) is 11.4. The van der Waals surface area contributed by atoms with E-state index in [4.69, 9.17) is 5.73 Å². The molecule has 0 saturated carbocycles. The Morgan fingerprint density at radius 1 is 1.28 bits per heavy atom. The van der Waals surface area contributed by atoms with E-state index in [1.807, 2.05) is 18.2 Å². The lowest BCUT2D eigenvalue weighted by molar-refractivity contribution is 0.193. The van der Waals surface area contributed by atoms with Crippen molar-refractivity contribution in [2.24, 2.45) is 5.92 Å². The number of hydrogen-bond donors (Lipinski definition) is 2. The summed E-state index contributed by atoms with van der Waals surface area (Å²) >= 11 is 0. The Balaban J connectivity index is 1.63. The SMILES string of the molecule is CC1CCN(CCNCc2ccccc2N)CC1. The van der Waals surface area contributed by atoms with Gasteiger partial charge in [-0.15, -0.1) is 0 Å². The molecule has 1 fully saturated rings. The lowest BCUT2D eigenvalue weighted by Gasteiger charge is -2.30. The van der Waals surface area contributed by atoms with Gasteiger partial charge in [0.1, 0.15) is 0 Å². The average Bonchev–Trinajstić information content (AvgIpc) is 2.39. The quantitative estimate of drug-likeness (QED) is 0.618. The van der Waals surface area contributed by atoms with Gasteiger partial charge in [-0.3, -0.25) is 0 Å². The Labute approximate surface area is 110 Å². The first-order chi connectivity index (χ1) is 8.75. The minimum absolute atomic E-state index is 0.872. The number of hydrogen-bond acceptors (Lipinski definition) is 3. The third kappa shape index (κ3) is 4.00. The summed E-state index contributed by atoms with van der Waals surface area (Å²) in [5.74, 6) is 0.915. The minimum atomic E-state index is 0.872. The average molecular weight is 247 g/mol.